The number of aromatic nitrogens is 2. The van der Waals surface area contributed by atoms with Crippen molar-refractivity contribution in [1.29, 1.82) is 0 Å². The van der Waals surface area contributed by atoms with Crippen molar-refractivity contribution in [3.8, 4) is 0 Å². The number of sulfonamides is 1. The third-order valence-electron chi connectivity index (χ3n) is 4.26. The molecule has 1 unspecified atom stereocenters. The van der Waals surface area contributed by atoms with E-state index < -0.39 is 10.0 Å². The van der Waals surface area contributed by atoms with Crippen molar-refractivity contribution < 1.29 is 12.8 Å². The van der Waals surface area contributed by atoms with Gasteiger partial charge in [0.05, 0.1) is 11.9 Å². The summed E-state index contributed by atoms with van der Waals surface area (Å²) in [5.74, 6) is 0.183. The highest BCUT2D eigenvalue weighted by atomic mass is 32.2. The molecule has 1 saturated heterocycles. The Bertz CT molecular complexity index is 648. The molecule has 0 amide bonds. The summed E-state index contributed by atoms with van der Waals surface area (Å²) >= 11 is 0. The van der Waals surface area contributed by atoms with E-state index in [9.17, 15) is 12.8 Å². The summed E-state index contributed by atoms with van der Waals surface area (Å²) < 4.78 is 39.0. The Morgan fingerprint density at radius 2 is 2.05 bits per heavy atom. The van der Waals surface area contributed by atoms with Crippen LogP contribution >= 0.6 is 0 Å². The van der Waals surface area contributed by atoms with E-state index in [1.54, 1.807) is 7.05 Å². The van der Waals surface area contributed by atoms with Gasteiger partial charge >= 0.3 is 0 Å². The predicted molar refractivity (Wildman–Crippen MR) is 77.2 cm³/mol. The standard InChI is InChI=1S/C13H19FN4O2S/c1-17(21(2,19)20)10-5-6-18(7-10)13-11(14)12(9-3-4-9)15-8-16-13/h8-10H,3-7H2,1-2H3. The maximum Gasteiger partial charge on any atom is 0.211 e. The number of likely N-dealkylation sites (N-methyl/N-ethyl adjacent to an activating group) is 1. The SMILES string of the molecule is CN(C1CCN(c2ncnc(C3CC3)c2F)C1)S(C)(=O)=O. The van der Waals surface area contributed by atoms with Crippen LogP contribution in [0.2, 0.25) is 0 Å². The van der Waals surface area contributed by atoms with Crippen LogP contribution in [-0.2, 0) is 10.0 Å². The summed E-state index contributed by atoms with van der Waals surface area (Å²) in [4.78, 5) is 9.92. The Balaban J connectivity index is 1.79. The second-order valence-electron chi connectivity index (χ2n) is 5.84. The van der Waals surface area contributed by atoms with Crippen molar-refractivity contribution in [2.45, 2.75) is 31.2 Å². The van der Waals surface area contributed by atoms with E-state index in [0.29, 0.717) is 31.0 Å². The second-order valence-corrected chi connectivity index (χ2v) is 7.88. The van der Waals surface area contributed by atoms with Crippen molar-refractivity contribution in [2.75, 3.05) is 31.3 Å². The Morgan fingerprint density at radius 1 is 1.33 bits per heavy atom. The molecule has 2 fully saturated rings. The summed E-state index contributed by atoms with van der Waals surface area (Å²) in [6.07, 6.45) is 5.22. The predicted octanol–water partition coefficient (Wildman–Crippen LogP) is 0.963. The minimum Gasteiger partial charge on any atom is -0.352 e. The Kier molecular flexibility index (Phi) is 3.61. The number of rotatable bonds is 4. The van der Waals surface area contributed by atoms with Gasteiger partial charge in [0.25, 0.3) is 0 Å². The number of halogens is 1. The zero-order valence-electron chi connectivity index (χ0n) is 12.2. The first-order valence-electron chi connectivity index (χ1n) is 7.06. The summed E-state index contributed by atoms with van der Waals surface area (Å²) in [5, 5.41) is 0. The first kappa shape index (κ1) is 14.6. The fraction of sp³-hybridized carbons (Fsp3) is 0.692. The number of hydrogen-bond donors (Lipinski definition) is 0. The summed E-state index contributed by atoms with van der Waals surface area (Å²) in [6.45, 7) is 1.06. The Morgan fingerprint density at radius 3 is 2.67 bits per heavy atom. The van der Waals surface area contributed by atoms with Crippen molar-refractivity contribution in [2.24, 2.45) is 0 Å². The van der Waals surface area contributed by atoms with Crippen LogP contribution in [0.1, 0.15) is 30.9 Å². The van der Waals surface area contributed by atoms with Crippen molar-refractivity contribution in [1.82, 2.24) is 14.3 Å². The largest absolute Gasteiger partial charge is 0.352 e. The van der Waals surface area contributed by atoms with Gasteiger partial charge in [-0.3, -0.25) is 0 Å². The highest BCUT2D eigenvalue weighted by Gasteiger charge is 2.34. The topological polar surface area (TPSA) is 66.4 Å². The molecule has 0 radical (unpaired) electrons. The normalized spacial score (nSPS) is 23.0. The van der Waals surface area contributed by atoms with Crippen LogP contribution in [0.15, 0.2) is 6.33 Å². The van der Waals surface area contributed by atoms with Gasteiger partial charge in [-0.15, -0.1) is 0 Å². The zero-order valence-corrected chi connectivity index (χ0v) is 13.0. The van der Waals surface area contributed by atoms with Crippen molar-refractivity contribution in [3.05, 3.63) is 17.8 Å². The van der Waals surface area contributed by atoms with Crippen LogP contribution in [0.3, 0.4) is 0 Å². The number of nitrogens with zero attached hydrogens (tertiary/aromatic N) is 4. The van der Waals surface area contributed by atoms with Crippen LogP contribution in [-0.4, -0.2) is 55.1 Å². The quantitative estimate of drug-likeness (QED) is 0.828. The Labute approximate surface area is 124 Å². The monoisotopic (exact) mass is 314 g/mol. The lowest BCUT2D eigenvalue weighted by molar-refractivity contribution is 0.393. The summed E-state index contributed by atoms with van der Waals surface area (Å²) in [7, 11) is -1.67. The molecule has 0 N–H and O–H groups in total. The molecule has 1 saturated carbocycles. The van der Waals surface area contributed by atoms with Gasteiger partial charge in [-0.25, -0.2) is 27.1 Å². The molecule has 1 aromatic heterocycles. The molecule has 0 bridgehead atoms. The molecule has 1 aliphatic carbocycles. The molecule has 8 heteroatoms. The van der Waals surface area contributed by atoms with E-state index in [1.165, 1.54) is 16.9 Å². The first-order valence-corrected chi connectivity index (χ1v) is 8.91. The van der Waals surface area contributed by atoms with Crippen LogP contribution in [0.25, 0.3) is 0 Å². The van der Waals surface area contributed by atoms with Crippen LogP contribution in [0, 0.1) is 5.82 Å². The van der Waals surface area contributed by atoms with Gasteiger partial charge in [0, 0.05) is 32.1 Å². The lowest BCUT2D eigenvalue weighted by Crippen LogP contribution is -2.38. The third-order valence-corrected chi connectivity index (χ3v) is 5.61. The maximum absolute atomic E-state index is 14.5. The molecule has 21 heavy (non-hydrogen) atoms. The molecule has 1 aromatic rings. The summed E-state index contributed by atoms with van der Waals surface area (Å²) in [6, 6.07) is -0.140. The van der Waals surface area contributed by atoms with E-state index >= 15 is 0 Å². The second kappa shape index (κ2) is 5.17. The zero-order chi connectivity index (χ0) is 15.2. The fourth-order valence-corrected chi connectivity index (χ4v) is 3.45. The van der Waals surface area contributed by atoms with Crippen LogP contribution in [0.5, 0.6) is 0 Å². The molecule has 1 atom stereocenters. The molecule has 116 valence electrons. The van der Waals surface area contributed by atoms with Gasteiger partial charge in [0.1, 0.15) is 6.33 Å². The van der Waals surface area contributed by atoms with E-state index in [1.807, 2.05) is 4.90 Å². The molecule has 0 aromatic carbocycles. The molecular weight excluding hydrogens is 295 g/mol. The van der Waals surface area contributed by atoms with E-state index in [4.69, 9.17) is 0 Å². The minimum absolute atomic E-state index is 0.140. The van der Waals surface area contributed by atoms with Gasteiger partial charge in [0.2, 0.25) is 10.0 Å². The molecule has 0 spiro atoms. The van der Waals surface area contributed by atoms with Crippen LogP contribution < -0.4 is 4.90 Å². The molecule has 6 nitrogen and oxygen atoms in total. The molecular formula is C13H19FN4O2S. The lowest BCUT2D eigenvalue weighted by Gasteiger charge is -2.23. The van der Waals surface area contributed by atoms with Crippen molar-refractivity contribution >= 4 is 15.8 Å². The highest BCUT2D eigenvalue weighted by Crippen LogP contribution is 2.41. The molecule has 3 rings (SSSR count). The highest BCUT2D eigenvalue weighted by molar-refractivity contribution is 7.88. The molecule has 1 aliphatic heterocycles. The maximum atomic E-state index is 14.5. The minimum atomic E-state index is -3.23. The average molecular weight is 314 g/mol. The average Bonchev–Trinajstić information content (AvgIpc) is 3.14. The smallest absolute Gasteiger partial charge is 0.211 e. The number of hydrogen-bond acceptors (Lipinski definition) is 5. The summed E-state index contributed by atoms with van der Waals surface area (Å²) in [5.41, 5.74) is 0.500. The van der Waals surface area contributed by atoms with Gasteiger partial charge in [0.15, 0.2) is 11.6 Å². The lowest BCUT2D eigenvalue weighted by atomic mass is 10.2. The number of anilines is 1. The third kappa shape index (κ3) is 2.87. The van der Waals surface area contributed by atoms with Gasteiger partial charge in [-0.05, 0) is 19.3 Å². The molecule has 2 aliphatic rings. The van der Waals surface area contributed by atoms with Gasteiger partial charge in [-0.2, -0.15) is 0 Å². The van der Waals surface area contributed by atoms with E-state index in [2.05, 4.69) is 9.97 Å². The van der Waals surface area contributed by atoms with E-state index in [0.717, 1.165) is 12.8 Å². The van der Waals surface area contributed by atoms with Gasteiger partial charge < -0.3 is 4.90 Å². The van der Waals surface area contributed by atoms with Crippen LogP contribution in [0.4, 0.5) is 10.2 Å². The first-order chi connectivity index (χ1) is 9.88. The Hall–Kier alpha value is -1.28. The van der Waals surface area contributed by atoms with Crippen molar-refractivity contribution in [3.63, 3.8) is 0 Å². The van der Waals surface area contributed by atoms with E-state index in [-0.39, 0.29) is 17.8 Å². The fourth-order valence-electron chi connectivity index (χ4n) is 2.74. The molecule has 2 heterocycles. The van der Waals surface area contributed by atoms with Gasteiger partial charge in [-0.1, -0.05) is 0 Å².